The van der Waals surface area contributed by atoms with Crippen LogP contribution in [0.5, 0.6) is 0 Å². The molecule has 0 radical (unpaired) electrons. The lowest BCUT2D eigenvalue weighted by Crippen LogP contribution is -2.35. The molecule has 0 unspecified atom stereocenters. The van der Waals surface area contributed by atoms with Gasteiger partial charge >= 0.3 is 17.9 Å². The number of aromatic carboxylic acids is 1. The van der Waals surface area contributed by atoms with Gasteiger partial charge in [0.15, 0.2) is 0 Å². The van der Waals surface area contributed by atoms with Crippen molar-refractivity contribution < 1.29 is 29.7 Å². The molecule has 102 valence electrons. The zero-order chi connectivity index (χ0) is 14.6. The van der Waals surface area contributed by atoms with Crippen LogP contribution in [0.25, 0.3) is 0 Å². The van der Waals surface area contributed by atoms with E-state index in [0.717, 1.165) is 4.90 Å². The molecule has 0 aromatic heterocycles. The number of nitrogens with zero attached hydrogens (tertiary/aromatic N) is 1. The van der Waals surface area contributed by atoms with E-state index in [9.17, 15) is 14.4 Å². The number of rotatable bonds is 6. The van der Waals surface area contributed by atoms with Gasteiger partial charge in [0.25, 0.3) is 0 Å². The van der Waals surface area contributed by atoms with Gasteiger partial charge in [-0.25, -0.2) is 4.79 Å². The van der Waals surface area contributed by atoms with Crippen LogP contribution in [0, 0.1) is 6.92 Å². The maximum Gasteiger partial charge on any atom is 0.335 e. The van der Waals surface area contributed by atoms with Crippen molar-refractivity contribution in [2.45, 2.75) is 6.92 Å². The molecule has 0 saturated carbocycles. The molecule has 0 saturated heterocycles. The summed E-state index contributed by atoms with van der Waals surface area (Å²) < 4.78 is 0. The molecule has 0 aliphatic carbocycles. The van der Waals surface area contributed by atoms with E-state index >= 15 is 0 Å². The molecule has 7 nitrogen and oxygen atoms in total. The number of carboxylic acid groups (broad SMARTS) is 3. The van der Waals surface area contributed by atoms with E-state index in [0.29, 0.717) is 5.56 Å². The molecule has 0 aliphatic heterocycles. The highest BCUT2D eigenvalue weighted by Crippen LogP contribution is 2.21. The SMILES string of the molecule is Cc1ccc(C(=O)O)cc1N(CC(=O)O)CC(=O)O. The summed E-state index contributed by atoms with van der Waals surface area (Å²) in [6, 6.07) is 4.15. The van der Waals surface area contributed by atoms with E-state index in [-0.39, 0.29) is 11.3 Å². The first-order valence-corrected chi connectivity index (χ1v) is 5.33. The average Bonchev–Trinajstić information content (AvgIpc) is 2.27. The molecule has 0 heterocycles. The maximum atomic E-state index is 10.9. The van der Waals surface area contributed by atoms with E-state index in [1.54, 1.807) is 6.92 Å². The highest BCUT2D eigenvalue weighted by Gasteiger charge is 2.17. The van der Waals surface area contributed by atoms with Crippen LogP contribution < -0.4 is 4.90 Å². The maximum absolute atomic E-state index is 10.9. The second-order valence-electron chi connectivity index (χ2n) is 3.95. The number of carbonyl (C=O) groups is 3. The number of anilines is 1. The van der Waals surface area contributed by atoms with Crippen LogP contribution in [0.3, 0.4) is 0 Å². The minimum absolute atomic E-state index is 0.0265. The molecule has 0 spiro atoms. The first-order valence-electron chi connectivity index (χ1n) is 5.33. The van der Waals surface area contributed by atoms with Gasteiger partial charge in [-0.3, -0.25) is 9.59 Å². The van der Waals surface area contributed by atoms with E-state index < -0.39 is 31.0 Å². The number of carboxylic acids is 3. The van der Waals surface area contributed by atoms with Crippen molar-refractivity contribution in [3.8, 4) is 0 Å². The van der Waals surface area contributed by atoms with Crippen LogP contribution in [-0.4, -0.2) is 46.3 Å². The van der Waals surface area contributed by atoms with Crippen molar-refractivity contribution in [2.75, 3.05) is 18.0 Å². The fraction of sp³-hybridized carbons (Fsp3) is 0.250. The number of hydrogen-bond acceptors (Lipinski definition) is 4. The van der Waals surface area contributed by atoms with Gasteiger partial charge in [-0.15, -0.1) is 0 Å². The van der Waals surface area contributed by atoms with Crippen molar-refractivity contribution in [2.24, 2.45) is 0 Å². The van der Waals surface area contributed by atoms with Gasteiger partial charge in [0, 0.05) is 5.69 Å². The summed E-state index contributed by atoms with van der Waals surface area (Å²) in [5.41, 5.74) is 0.860. The Morgan fingerprint density at radius 3 is 2.00 bits per heavy atom. The molecule has 19 heavy (non-hydrogen) atoms. The quantitative estimate of drug-likeness (QED) is 0.693. The standard InChI is InChI=1S/C12H13NO6/c1-7-2-3-8(12(18)19)4-9(7)13(5-10(14)15)6-11(16)17/h2-4H,5-6H2,1H3,(H,14,15)(H,16,17)(H,18,19). The Kier molecular flexibility index (Phi) is 4.46. The Labute approximate surface area is 108 Å². The Morgan fingerprint density at radius 1 is 1.05 bits per heavy atom. The average molecular weight is 267 g/mol. The van der Waals surface area contributed by atoms with Crippen LogP contribution in [0.15, 0.2) is 18.2 Å². The predicted octanol–water partition coefficient (Wildman–Crippen LogP) is 0.669. The van der Waals surface area contributed by atoms with Gasteiger partial charge in [-0.1, -0.05) is 6.07 Å². The summed E-state index contributed by atoms with van der Waals surface area (Å²) in [6.45, 7) is 0.615. The zero-order valence-corrected chi connectivity index (χ0v) is 10.2. The lowest BCUT2D eigenvalue weighted by molar-refractivity contribution is -0.136. The third-order valence-electron chi connectivity index (χ3n) is 2.45. The summed E-state index contributed by atoms with van der Waals surface area (Å²) in [5.74, 6) is -3.55. The third kappa shape index (κ3) is 3.98. The van der Waals surface area contributed by atoms with Crippen LogP contribution in [0.1, 0.15) is 15.9 Å². The second-order valence-corrected chi connectivity index (χ2v) is 3.95. The molecule has 0 bridgehead atoms. The van der Waals surface area contributed by atoms with Gasteiger partial charge in [0.05, 0.1) is 5.56 Å². The number of hydrogen-bond donors (Lipinski definition) is 3. The number of aryl methyl sites for hydroxylation is 1. The molecule has 1 rings (SSSR count). The predicted molar refractivity (Wildman–Crippen MR) is 65.6 cm³/mol. The first-order chi connectivity index (χ1) is 8.81. The lowest BCUT2D eigenvalue weighted by atomic mass is 10.1. The van der Waals surface area contributed by atoms with Crippen LogP contribution in [-0.2, 0) is 9.59 Å². The van der Waals surface area contributed by atoms with Crippen molar-refractivity contribution in [3.63, 3.8) is 0 Å². The zero-order valence-electron chi connectivity index (χ0n) is 10.2. The summed E-state index contributed by atoms with van der Waals surface area (Å²) >= 11 is 0. The fourth-order valence-electron chi connectivity index (χ4n) is 1.64. The highest BCUT2D eigenvalue weighted by atomic mass is 16.4. The van der Waals surface area contributed by atoms with Gasteiger partial charge < -0.3 is 20.2 Å². The minimum Gasteiger partial charge on any atom is -0.480 e. The molecule has 7 heteroatoms. The highest BCUT2D eigenvalue weighted by molar-refractivity contribution is 5.90. The van der Waals surface area contributed by atoms with E-state index in [1.165, 1.54) is 18.2 Å². The molecule has 0 atom stereocenters. The second kappa shape index (κ2) is 5.85. The van der Waals surface area contributed by atoms with Gasteiger partial charge in [-0.2, -0.15) is 0 Å². The summed E-state index contributed by atoms with van der Waals surface area (Å²) in [4.78, 5) is 33.5. The minimum atomic E-state index is -1.19. The monoisotopic (exact) mass is 267 g/mol. The number of aliphatic carboxylic acids is 2. The van der Waals surface area contributed by atoms with E-state index in [1.807, 2.05) is 0 Å². The summed E-state index contributed by atoms with van der Waals surface area (Å²) in [6.07, 6.45) is 0. The number of benzene rings is 1. The fourth-order valence-corrected chi connectivity index (χ4v) is 1.64. The van der Waals surface area contributed by atoms with Crippen molar-refractivity contribution in [3.05, 3.63) is 29.3 Å². The third-order valence-corrected chi connectivity index (χ3v) is 2.45. The van der Waals surface area contributed by atoms with Gasteiger partial charge in [0.1, 0.15) is 13.1 Å². The normalized spacial score (nSPS) is 9.95. The van der Waals surface area contributed by atoms with E-state index in [4.69, 9.17) is 15.3 Å². The van der Waals surface area contributed by atoms with Crippen LogP contribution in [0.2, 0.25) is 0 Å². The molecule has 1 aromatic rings. The van der Waals surface area contributed by atoms with Gasteiger partial charge in [-0.05, 0) is 24.6 Å². The van der Waals surface area contributed by atoms with Crippen molar-refractivity contribution >= 4 is 23.6 Å². The molecule has 0 amide bonds. The molecule has 1 aromatic carbocycles. The van der Waals surface area contributed by atoms with Gasteiger partial charge in [0.2, 0.25) is 0 Å². The smallest absolute Gasteiger partial charge is 0.335 e. The molecule has 3 N–H and O–H groups in total. The Hall–Kier alpha value is -2.57. The first kappa shape index (κ1) is 14.5. The Balaban J connectivity index is 3.19. The van der Waals surface area contributed by atoms with Crippen LogP contribution >= 0.6 is 0 Å². The Bertz CT molecular complexity index is 509. The van der Waals surface area contributed by atoms with Crippen molar-refractivity contribution in [1.29, 1.82) is 0 Å². The topological polar surface area (TPSA) is 115 Å². The molecular weight excluding hydrogens is 254 g/mol. The van der Waals surface area contributed by atoms with Crippen LogP contribution in [0.4, 0.5) is 5.69 Å². The lowest BCUT2D eigenvalue weighted by Gasteiger charge is -2.23. The molecule has 0 aliphatic rings. The van der Waals surface area contributed by atoms with E-state index in [2.05, 4.69) is 0 Å². The summed E-state index contributed by atoms with van der Waals surface area (Å²) in [7, 11) is 0. The summed E-state index contributed by atoms with van der Waals surface area (Å²) in [5, 5.41) is 26.4. The van der Waals surface area contributed by atoms with Crippen molar-refractivity contribution in [1.82, 2.24) is 0 Å². The largest absolute Gasteiger partial charge is 0.480 e. The molecule has 0 fully saturated rings. The Morgan fingerprint density at radius 2 is 1.58 bits per heavy atom. The molecular formula is C12H13NO6.